The van der Waals surface area contributed by atoms with Crippen LogP contribution >= 0.6 is 11.6 Å². The molecule has 0 aliphatic rings. The fraction of sp³-hybridized carbons (Fsp3) is 0.308. The number of carbonyl (C=O) groups is 1. The molecule has 1 heterocycles. The van der Waals surface area contributed by atoms with Gasteiger partial charge in [-0.1, -0.05) is 16.8 Å². The van der Waals surface area contributed by atoms with Crippen molar-refractivity contribution in [2.24, 2.45) is 0 Å². The maximum atomic E-state index is 11.1. The number of aryl methyl sites for hydroxylation is 1. The highest BCUT2D eigenvalue weighted by molar-refractivity contribution is 6.30. The van der Waals surface area contributed by atoms with Gasteiger partial charge in [-0.2, -0.15) is 4.98 Å². The minimum absolute atomic E-state index is 0.0115. The van der Waals surface area contributed by atoms with Crippen molar-refractivity contribution >= 4 is 17.5 Å². The van der Waals surface area contributed by atoms with Crippen molar-refractivity contribution in [1.29, 1.82) is 0 Å². The van der Waals surface area contributed by atoms with E-state index in [1.165, 1.54) is 0 Å². The molecule has 0 aliphatic carbocycles. The van der Waals surface area contributed by atoms with Crippen LogP contribution in [0, 0.1) is 0 Å². The lowest BCUT2D eigenvalue weighted by Crippen LogP contribution is -2.17. The fourth-order valence-electron chi connectivity index (χ4n) is 1.60. The van der Waals surface area contributed by atoms with E-state index in [4.69, 9.17) is 16.1 Å². The molecular weight excluding hydrogens is 266 g/mol. The molecule has 0 bridgehead atoms. The molecule has 1 aromatic carbocycles. The van der Waals surface area contributed by atoms with Crippen molar-refractivity contribution < 1.29 is 9.32 Å². The normalized spacial score (nSPS) is 10.4. The van der Waals surface area contributed by atoms with Crippen molar-refractivity contribution in [1.82, 2.24) is 15.5 Å². The van der Waals surface area contributed by atoms with Gasteiger partial charge in [-0.05, 0) is 30.7 Å². The summed E-state index contributed by atoms with van der Waals surface area (Å²) in [5, 5.41) is 7.14. The van der Waals surface area contributed by atoms with Gasteiger partial charge in [0.25, 0.3) is 0 Å². The standard InChI is InChI=1S/C13H14ClN3O2/c1-15-11(18)3-2-4-12-16-13(17-19-12)9-5-7-10(14)8-6-9/h5-8H,2-4H2,1H3,(H,15,18). The van der Waals surface area contributed by atoms with E-state index in [0.29, 0.717) is 36.0 Å². The SMILES string of the molecule is CNC(=O)CCCc1nc(-c2ccc(Cl)cc2)no1. The van der Waals surface area contributed by atoms with E-state index in [0.717, 1.165) is 5.56 Å². The maximum Gasteiger partial charge on any atom is 0.226 e. The Morgan fingerprint density at radius 2 is 2.11 bits per heavy atom. The van der Waals surface area contributed by atoms with Crippen LogP contribution in [0.15, 0.2) is 28.8 Å². The summed E-state index contributed by atoms with van der Waals surface area (Å²) >= 11 is 5.81. The summed E-state index contributed by atoms with van der Waals surface area (Å²) in [6, 6.07) is 7.22. The number of nitrogens with one attached hydrogen (secondary N) is 1. The second-order valence-electron chi connectivity index (χ2n) is 4.05. The third-order valence-corrected chi connectivity index (χ3v) is 2.90. The van der Waals surface area contributed by atoms with Crippen LogP contribution in [0.4, 0.5) is 0 Å². The van der Waals surface area contributed by atoms with Crippen molar-refractivity contribution in [3.63, 3.8) is 0 Å². The first kappa shape index (κ1) is 13.5. The lowest BCUT2D eigenvalue weighted by molar-refractivity contribution is -0.120. The molecule has 1 N–H and O–H groups in total. The first-order valence-electron chi connectivity index (χ1n) is 5.98. The molecule has 100 valence electrons. The van der Waals surface area contributed by atoms with Gasteiger partial charge in [0.2, 0.25) is 17.6 Å². The van der Waals surface area contributed by atoms with Gasteiger partial charge in [-0.3, -0.25) is 4.79 Å². The van der Waals surface area contributed by atoms with Gasteiger partial charge in [-0.25, -0.2) is 0 Å². The molecule has 2 rings (SSSR count). The molecule has 19 heavy (non-hydrogen) atoms. The lowest BCUT2D eigenvalue weighted by Gasteiger charge is -1.96. The van der Waals surface area contributed by atoms with E-state index in [1.807, 2.05) is 12.1 Å². The molecular formula is C13H14ClN3O2. The van der Waals surface area contributed by atoms with E-state index in [1.54, 1.807) is 19.2 Å². The number of amides is 1. The number of rotatable bonds is 5. The van der Waals surface area contributed by atoms with Gasteiger partial charge in [0.05, 0.1) is 0 Å². The molecule has 2 aromatic rings. The number of hydrogen-bond acceptors (Lipinski definition) is 4. The Labute approximate surface area is 116 Å². The average Bonchev–Trinajstić information content (AvgIpc) is 2.88. The van der Waals surface area contributed by atoms with E-state index in [9.17, 15) is 4.79 Å². The molecule has 0 aliphatic heterocycles. The second kappa shape index (κ2) is 6.33. The smallest absolute Gasteiger partial charge is 0.226 e. The number of halogens is 1. The van der Waals surface area contributed by atoms with Crippen LogP contribution in [0.25, 0.3) is 11.4 Å². The Balaban J connectivity index is 1.95. The van der Waals surface area contributed by atoms with Gasteiger partial charge in [0.15, 0.2) is 0 Å². The second-order valence-corrected chi connectivity index (χ2v) is 4.48. The highest BCUT2D eigenvalue weighted by Gasteiger charge is 2.09. The minimum Gasteiger partial charge on any atom is -0.359 e. The Kier molecular flexibility index (Phi) is 4.52. The van der Waals surface area contributed by atoms with Gasteiger partial charge in [0.1, 0.15) is 0 Å². The molecule has 0 radical (unpaired) electrons. The molecule has 1 amide bonds. The van der Waals surface area contributed by atoms with Crippen LogP contribution in [0.2, 0.25) is 5.02 Å². The van der Waals surface area contributed by atoms with E-state index in [2.05, 4.69) is 15.5 Å². The molecule has 0 spiro atoms. The van der Waals surface area contributed by atoms with Gasteiger partial charge < -0.3 is 9.84 Å². The molecule has 0 unspecified atom stereocenters. The molecule has 1 aromatic heterocycles. The highest BCUT2D eigenvalue weighted by Crippen LogP contribution is 2.19. The van der Waals surface area contributed by atoms with Crippen LogP contribution in [0.3, 0.4) is 0 Å². The summed E-state index contributed by atoms with van der Waals surface area (Å²) in [6.45, 7) is 0. The molecule has 0 atom stereocenters. The number of aromatic nitrogens is 2. The van der Waals surface area contributed by atoms with Crippen LogP contribution in [0.5, 0.6) is 0 Å². The summed E-state index contributed by atoms with van der Waals surface area (Å²) in [6.07, 6.45) is 1.73. The van der Waals surface area contributed by atoms with Gasteiger partial charge in [0, 0.05) is 30.5 Å². The minimum atomic E-state index is 0.0115. The zero-order chi connectivity index (χ0) is 13.7. The van der Waals surface area contributed by atoms with Crippen molar-refractivity contribution in [3.05, 3.63) is 35.2 Å². The Morgan fingerprint density at radius 3 is 2.79 bits per heavy atom. The summed E-state index contributed by atoms with van der Waals surface area (Å²) in [7, 11) is 1.62. The topological polar surface area (TPSA) is 68.0 Å². The summed E-state index contributed by atoms with van der Waals surface area (Å²) in [4.78, 5) is 15.4. The number of hydrogen-bond donors (Lipinski definition) is 1. The van der Waals surface area contributed by atoms with Crippen molar-refractivity contribution in [2.75, 3.05) is 7.05 Å². The molecule has 0 saturated carbocycles. The first-order chi connectivity index (χ1) is 9.19. The van der Waals surface area contributed by atoms with Crippen LogP contribution in [0.1, 0.15) is 18.7 Å². The van der Waals surface area contributed by atoms with Crippen LogP contribution in [-0.4, -0.2) is 23.1 Å². The molecule has 5 nitrogen and oxygen atoms in total. The number of benzene rings is 1. The largest absolute Gasteiger partial charge is 0.359 e. The predicted molar refractivity (Wildman–Crippen MR) is 71.7 cm³/mol. The highest BCUT2D eigenvalue weighted by atomic mass is 35.5. The average molecular weight is 280 g/mol. The van der Waals surface area contributed by atoms with Crippen molar-refractivity contribution in [2.45, 2.75) is 19.3 Å². The summed E-state index contributed by atoms with van der Waals surface area (Å²) in [5.74, 6) is 1.08. The maximum absolute atomic E-state index is 11.1. The van der Waals surface area contributed by atoms with Gasteiger partial charge >= 0.3 is 0 Å². The molecule has 0 saturated heterocycles. The first-order valence-corrected chi connectivity index (χ1v) is 6.36. The third kappa shape index (κ3) is 3.79. The third-order valence-electron chi connectivity index (χ3n) is 2.64. The Morgan fingerprint density at radius 1 is 1.37 bits per heavy atom. The van der Waals surface area contributed by atoms with Gasteiger partial charge in [-0.15, -0.1) is 0 Å². The van der Waals surface area contributed by atoms with Crippen LogP contribution < -0.4 is 5.32 Å². The quantitative estimate of drug-likeness (QED) is 0.913. The Hall–Kier alpha value is -1.88. The zero-order valence-electron chi connectivity index (χ0n) is 10.5. The lowest BCUT2D eigenvalue weighted by atomic mass is 10.2. The summed E-state index contributed by atoms with van der Waals surface area (Å²) < 4.78 is 5.14. The van der Waals surface area contributed by atoms with E-state index in [-0.39, 0.29) is 5.91 Å². The zero-order valence-corrected chi connectivity index (χ0v) is 11.3. The Bertz CT molecular complexity index is 551. The van der Waals surface area contributed by atoms with Crippen LogP contribution in [-0.2, 0) is 11.2 Å². The monoisotopic (exact) mass is 279 g/mol. The number of carbonyl (C=O) groups excluding carboxylic acids is 1. The van der Waals surface area contributed by atoms with E-state index >= 15 is 0 Å². The predicted octanol–water partition coefficient (Wildman–Crippen LogP) is 2.46. The molecule has 0 fully saturated rings. The number of nitrogens with zero attached hydrogens (tertiary/aromatic N) is 2. The summed E-state index contributed by atoms with van der Waals surface area (Å²) in [5.41, 5.74) is 0.853. The fourth-order valence-corrected chi connectivity index (χ4v) is 1.72. The van der Waals surface area contributed by atoms with E-state index < -0.39 is 0 Å². The van der Waals surface area contributed by atoms with Crippen molar-refractivity contribution in [3.8, 4) is 11.4 Å². The molecule has 6 heteroatoms.